The van der Waals surface area contributed by atoms with Crippen LogP contribution in [0, 0.1) is 0 Å². The SMILES string of the molecule is CCOc1ccc2[nH]c3c(c2c1)C(CC(=O)O)CCC3. The van der Waals surface area contributed by atoms with Gasteiger partial charge in [-0.3, -0.25) is 4.79 Å². The van der Waals surface area contributed by atoms with E-state index >= 15 is 0 Å². The topological polar surface area (TPSA) is 62.3 Å². The summed E-state index contributed by atoms with van der Waals surface area (Å²) in [6.45, 7) is 2.60. The molecule has 0 amide bonds. The second-order valence-electron chi connectivity index (χ2n) is 5.34. The number of aromatic nitrogens is 1. The third-order valence-electron chi connectivity index (χ3n) is 4.01. The number of nitrogens with one attached hydrogen (secondary N) is 1. The van der Waals surface area contributed by atoms with Gasteiger partial charge in [-0.1, -0.05) is 0 Å². The van der Waals surface area contributed by atoms with Gasteiger partial charge in [0.1, 0.15) is 5.75 Å². The van der Waals surface area contributed by atoms with Crippen molar-refractivity contribution in [3.05, 3.63) is 29.5 Å². The molecule has 0 radical (unpaired) electrons. The highest BCUT2D eigenvalue weighted by molar-refractivity contribution is 5.87. The van der Waals surface area contributed by atoms with Crippen molar-refractivity contribution in [2.75, 3.05) is 6.61 Å². The molecule has 1 atom stereocenters. The Balaban J connectivity index is 2.09. The Labute approximate surface area is 117 Å². The summed E-state index contributed by atoms with van der Waals surface area (Å²) in [6.07, 6.45) is 3.21. The zero-order valence-electron chi connectivity index (χ0n) is 11.6. The van der Waals surface area contributed by atoms with Crippen molar-refractivity contribution < 1.29 is 14.6 Å². The molecule has 1 aromatic heterocycles. The van der Waals surface area contributed by atoms with Gasteiger partial charge in [-0.05, 0) is 55.9 Å². The fraction of sp³-hybridized carbons (Fsp3) is 0.438. The minimum absolute atomic E-state index is 0.113. The molecule has 106 valence electrons. The quantitative estimate of drug-likeness (QED) is 0.896. The van der Waals surface area contributed by atoms with Crippen LogP contribution in [-0.4, -0.2) is 22.7 Å². The molecule has 4 heteroatoms. The average molecular weight is 273 g/mol. The van der Waals surface area contributed by atoms with E-state index in [1.165, 1.54) is 11.3 Å². The number of carboxylic acid groups (broad SMARTS) is 1. The first-order chi connectivity index (χ1) is 9.69. The number of aryl methyl sites for hydroxylation is 1. The minimum Gasteiger partial charge on any atom is -0.494 e. The summed E-state index contributed by atoms with van der Waals surface area (Å²) in [7, 11) is 0. The number of carboxylic acids is 1. The van der Waals surface area contributed by atoms with Crippen molar-refractivity contribution in [1.82, 2.24) is 4.98 Å². The van der Waals surface area contributed by atoms with Crippen LogP contribution >= 0.6 is 0 Å². The highest BCUT2D eigenvalue weighted by Crippen LogP contribution is 2.40. The molecule has 4 nitrogen and oxygen atoms in total. The number of fused-ring (bicyclic) bond motifs is 3. The maximum atomic E-state index is 11.1. The Bertz CT molecular complexity index is 644. The van der Waals surface area contributed by atoms with E-state index in [9.17, 15) is 4.79 Å². The summed E-state index contributed by atoms with van der Waals surface area (Å²) in [6, 6.07) is 6.02. The summed E-state index contributed by atoms with van der Waals surface area (Å²) < 4.78 is 5.56. The number of carbonyl (C=O) groups is 1. The molecule has 0 saturated heterocycles. The van der Waals surface area contributed by atoms with Crippen LogP contribution in [0.25, 0.3) is 10.9 Å². The van der Waals surface area contributed by atoms with Crippen LogP contribution in [0.4, 0.5) is 0 Å². The Kier molecular flexibility index (Phi) is 3.38. The number of hydrogen-bond donors (Lipinski definition) is 2. The van der Waals surface area contributed by atoms with Gasteiger partial charge in [0, 0.05) is 16.6 Å². The molecule has 1 unspecified atom stereocenters. The fourth-order valence-corrected chi connectivity index (χ4v) is 3.25. The first kappa shape index (κ1) is 13.0. The maximum absolute atomic E-state index is 11.1. The summed E-state index contributed by atoms with van der Waals surface area (Å²) in [4.78, 5) is 14.5. The molecule has 2 N–H and O–H groups in total. The molecule has 3 rings (SSSR count). The van der Waals surface area contributed by atoms with Crippen LogP contribution < -0.4 is 4.74 Å². The molecule has 20 heavy (non-hydrogen) atoms. The fourth-order valence-electron chi connectivity index (χ4n) is 3.25. The number of aliphatic carboxylic acids is 1. The molecule has 2 aromatic rings. The van der Waals surface area contributed by atoms with Gasteiger partial charge in [0.15, 0.2) is 0 Å². The number of benzene rings is 1. The normalized spacial score (nSPS) is 17.9. The van der Waals surface area contributed by atoms with E-state index in [1.807, 2.05) is 25.1 Å². The van der Waals surface area contributed by atoms with Crippen LogP contribution in [0.2, 0.25) is 0 Å². The molecule has 0 fully saturated rings. The van der Waals surface area contributed by atoms with E-state index in [1.54, 1.807) is 0 Å². The van der Waals surface area contributed by atoms with E-state index in [4.69, 9.17) is 9.84 Å². The predicted molar refractivity (Wildman–Crippen MR) is 77.4 cm³/mol. The van der Waals surface area contributed by atoms with E-state index < -0.39 is 5.97 Å². The van der Waals surface area contributed by atoms with Gasteiger partial charge < -0.3 is 14.8 Å². The lowest BCUT2D eigenvalue weighted by molar-refractivity contribution is -0.137. The number of rotatable bonds is 4. The van der Waals surface area contributed by atoms with Gasteiger partial charge in [-0.2, -0.15) is 0 Å². The van der Waals surface area contributed by atoms with Gasteiger partial charge in [0.2, 0.25) is 0 Å². The van der Waals surface area contributed by atoms with E-state index in [2.05, 4.69) is 4.98 Å². The summed E-state index contributed by atoms with van der Waals surface area (Å²) >= 11 is 0. The highest BCUT2D eigenvalue weighted by atomic mass is 16.5. The summed E-state index contributed by atoms with van der Waals surface area (Å²) in [5.74, 6) is 0.237. The third kappa shape index (κ3) is 2.26. The van der Waals surface area contributed by atoms with E-state index in [0.29, 0.717) is 6.61 Å². The Morgan fingerprint density at radius 3 is 3.10 bits per heavy atom. The van der Waals surface area contributed by atoms with Crippen molar-refractivity contribution in [3.8, 4) is 5.75 Å². The molecule has 1 aliphatic carbocycles. The van der Waals surface area contributed by atoms with Gasteiger partial charge in [-0.25, -0.2) is 0 Å². The monoisotopic (exact) mass is 273 g/mol. The molecule has 0 aliphatic heterocycles. The molecule has 1 heterocycles. The number of hydrogen-bond acceptors (Lipinski definition) is 2. The Morgan fingerprint density at radius 2 is 2.35 bits per heavy atom. The van der Waals surface area contributed by atoms with Crippen LogP contribution in [0.3, 0.4) is 0 Å². The molecule has 0 bridgehead atoms. The first-order valence-corrected chi connectivity index (χ1v) is 7.18. The van der Waals surface area contributed by atoms with Gasteiger partial charge >= 0.3 is 5.97 Å². The van der Waals surface area contributed by atoms with E-state index in [0.717, 1.165) is 35.9 Å². The standard InChI is InChI=1S/C16H19NO3/c1-2-20-11-6-7-13-12(9-11)16-10(8-15(18)19)4-3-5-14(16)17-13/h6-7,9-10,17H,2-5,8H2,1H3,(H,18,19). The van der Waals surface area contributed by atoms with E-state index in [-0.39, 0.29) is 12.3 Å². The molecule has 0 spiro atoms. The molecule has 0 saturated carbocycles. The largest absolute Gasteiger partial charge is 0.494 e. The van der Waals surface area contributed by atoms with Crippen LogP contribution in [0.1, 0.15) is 43.4 Å². The Morgan fingerprint density at radius 1 is 1.50 bits per heavy atom. The van der Waals surface area contributed by atoms with Gasteiger partial charge in [0.05, 0.1) is 13.0 Å². The van der Waals surface area contributed by atoms with Crippen molar-refractivity contribution >= 4 is 16.9 Å². The Hall–Kier alpha value is -1.97. The zero-order valence-corrected chi connectivity index (χ0v) is 11.6. The summed E-state index contributed by atoms with van der Waals surface area (Å²) in [5.41, 5.74) is 3.47. The van der Waals surface area contributed by atoms with Gasteiger partial charge in [0.25, 0.3) is 0 Å². The van der Waals surface area contributed by atoms with Crippen molar-refractivity contribution in [3.63, 3.8) is 0 Å². The number of ether oxygens (including phenoxy) is 1. The van der Waals surface area contributed by atoms with Crippen molar-refractivity contribution in [2.45, 2.75) is 38.5 Å². The van der Waals surface area contributed by atoms with Crippen LogP contribution in [0.5, 0.6) is 5.75 Å². The van der Waals surface area contributed by atoms with Gasteiger partial charge in [-0.15, -0.1) is 0 Å². The predicted octanol–water partition coefficient (Wildman–Crippen LogP) is 3.46. The average Bonchev–Trinajstić information content (AvgIpc) is 2.77. The highest BCUT2D eigenvalue weighted by Gasteiger charge is 2.26. The lowest BCUT2D eigenvalue weighted by atomic mass is 9.83. The molecule has 1 aromatic carbocycles. The van der Waals surface area contributed by atoms with Crippen molar-refractivity contribution in [2.24, 2.45) is 0 Å². The molecular formula is C16H19NO3. The second kappa shape index (κ2) is 5.19. The number of H-pyrrole nitrogens is 1. The first-order valence-electron chi connectivity index (χ1n) is 7.18. The molecule has 1 aliphatic rings. The van der Waals surface area contributed by atoms with Crippen LogP contribution in [0.15, 0.2) is 18.2 Å². The minimum atomic E-state index is -0.724. The smallest absolute Gasteiger partial charge is 0.303 e. The lowest BCUT2D eigenvalue weighted by Crippen LogP contribution is -2.12. The lowest BCUT2D eigenvalue weighted by Gasteiger charge is -2.21. The zero-order chi connectivity index (χ0) is 14.1. The molecular weight excluding hydrogens is 254 g/mol. The number of aromatic amines is 1. The van der Waals surface area contributed by atoms with Crippen molar-refractivity contribution in [1.29, 1.82) is 0 Å². The summed E-state index contributed by atoms with van der Waals surface area (Å²) in [5, 5.41) is 10.2. The maximum Gasteiger partial charge on any atom is 0.303 e. The van der Waals surface area contributed by atoms with Crippen LogP contribution in [-0.2, 0) is 11.2 Å². The third-order valence-corrected chi connectivity index (χ3v) is 4.01. The second-order valence-corrected chi connectivity index (χ2v) is 5.34.